The molecule has 0 aliphatic carbocycles. The molecule has 0 spiro atoms. The minimum atomic E-state index is -3.96. The van der Waals surface area contributed by atoms with E-state index in [9.17, 15) is 13.2 Å². The molecule has 0 unspecified atom stereocenters. The Hall–Kier alpha value is -2.35. The van der Waals surface area contributed by atoms with Gasteiger partial charge in [-0.2, -0.15) is 0 Å². The minimum absolute atomic E-state index is 0.116. The second kappa shape index (κ2) is 9.20. The van der Waals surface area contributed by atoms with Crippen molar-refractivity contribution >= 4 is 54.8 Å². The molecule has 3 aromatic carbocycles. The maximum Gasteiger partial charge on any atom is 0.264 e. The van der Waals surface area contributed by atoms with Crippen LogP contribution in [0.2, 0.25) is 5.02 Å². The molecular weight excluding hydrogens is 488 g/mol. The maximum absolute atomic E-state index is 13.4. The Kier molecular flexibility index (Phi) is 6.85. The largest absolute Gasteiger partial charge is 0.324 e. The van der Waals surface area contributed by atoms with E-state index in [0.717, 1.165) is 15.4 Å². The summed E-state index contributed by atoms with van der Waals surface area (Å²) in [5.41, 5.74) is 2.66. The van der Waals surface area contributed by atoms with Gasteiger partial charge in [0.25, 0.3) is 10.0 Å². The van der Waals surface area contributed by atoms with Crippen molar-refractivity contribution in [1.82, 2.24) is 0 Å². The molecule has 1 amide bonds. The predicted molar refractivity (Wildman–Crippen MR) is 125 cm³/mol. The fourth-order valence-electron chi connectivity index (χ4n) is 2.93. The van der Waals surface area contributed by atoms with Crippen LogP contribution in [0.1, 0.15) is 11.1 Å². The number of nitrogens with zero attached hydrogens (tertiary/aromatic N) is 1. The number of carbonyl (C=O) groups excluding carboxylic acids is 1. The second-order valence-corrected chi connectivity index (χ2v) is 9.84. The van der Waals surface area contributed by atoms with Crippen molar-refractivity contribution in [2.24, 2.45) is 0 Å². The molecule has 0 aliphatic heterocycles. The van der Waals surface area contributed by atoms with E-state index in [4.69, 9.17) is 11.6 Å². The van der Waals surface area contributed by atoms with Gasteiger partial charge >= 0.3 is 0 Å². The second-order valence-electron chi connectivity index (χ2n) is 6.72. The number of amides is 1. The van der Waals surface area contributed by atoms with Crippen molar-refractivity contribution in [2.45, 2.75) is 18.7 Å². The van der Waals surface area contributed by atoms with Crippen LogP contribution in [0.25, 0.3) is 0 Å². The molecule has 1 N–H and O–H groups in total. The highest BCUT2D eigenvalue weighted by Gasteiger charge is 2.28. The van der Waals surface area contributed by atoms with E-state index in [1.165, 1.54) is 12.1 Å². The SMILES string of the molecule is Cc1cccc(N(CC(=O)Nc2ccc(Br)c(Cl)c2)S(=O)(=O)c2ccccc2)c1C. The van der Waals surface area contributed by atoms with Crippen LogP contribution in [0.3, 0.4) is 0 Å². The Labute approximate surface area is 189 Å². The van der Waals surface area contributed by atoms with Crippen LogP contribution in [0.15, 0.2) is 76.1 Å². The van der Waals surface area contributed by atoms with Gasteiger partial charge in [0.2, 0.25) is 5.91 Å². The highest BCUT2D eigenvalue weighted by atomic mass is 79.9. The van der Waals surface area contributed by atoms with Gasteiger partial charge in [-0.15, -0.1) is 0 Å². The number of benzene rings is 3. The Morgan fingerprint density at radius 1 is 1.03 bits per heavy atom. The lowest BCUT2D eigenvalue weighted by molar-refractivity contribution is -0.114. The molecule has 0 heterocycles. The number of aryl methyl sites for hydroxylation is 1. The third-order valence-corrected chi connectivity index (χ3v) is 7.67. The first-order chi connectivity index (χ1) is 14.2. The van der Waals surface area contributed by atoms with E-state index in [0.29, 0.717) is 20.9 Å². The summed E-state index contributed by atoms with van der Waals surface area (Å²) in [6, 6.07) is 18.4. The third-order valence-electron chi connectivity index (χ3n) is 4.67. The van der Waals surface area contributed by atoms with Gasteiger partial charge in [0.15, 0.2) is 0 Å². The van der Waals surface area contributed by atoms with E-state index in [1.54, 1.807) is 48.5 Å². The molecule has 3 rings (SSSR count). The average Bonchev–Trinajstić information content (AvgIpc) is 2.72. The summed E-state index contributed by atoms with van der Waals surface area (Å²) in [5, 5.41) is 3.16. The zero-order valence-electron chi connectivity index (χ0n) is 16.4. The lowest BCUT2D eigenvalue weighted by Crippen LogP contribution is -2.38. The van der Waals surface area contributed by atoms with Crippen LogP contribution in [-0.2, 0) is 14.8 Å². The molecule has 0 bridgehead atoms. The Balaban J connectivity index is 1.98. The Bertz CT molecular complexity index is 1180. The summed E-state index contributed by atoms with van der Waals surface area (Å²) in [5.74, 6) is -0.478. The first-order valence-electron chi connectivity index (χ1n) is 9.09. The van der Waals surface area contributed by atoms with E-state index in [2.05, 4.69) is 21.2 Å². The van der Waals surface area contributed by atoms with Crippen LogP contribution in [0, 0.1) is 13.8 Å². The van der Waals surface area contributed by atoms with E-state index >= 15 is 0 Å². The van der Waals surface area contributed by atoms with E-state index < -0.39 is 15.9 Å². The number of halogens is 2. The molecular formula is C22H20BrClN2O3S. The molecule has 30 heavy (non-hydrogen) atoms. The van der Waals surface area contributed by atoms with Crippen LogP contribution >= 0.6 is 27.5 Å². The van der Waals surface area contributed by atoms with E-state index in [1.807, 2.05) is 19.9 Å². The van der Waals surface area contributed by atoms with Gasteiger partial charge in [-0.3, -0.25) is 9.10 Å². The first-order valence-corrected chi connectivity index (χ1v) is 11.7. The number of sulfonamides is 1. The zero-order valence-corrected chi connectivity index (χ0v) is 19.6. The van der Waals surface area contributed by atoms with Crippen LogP contribution in [0.4, 0.5) is 11.4 Å². The highest BCUT2D eigenvalue weighted by molar-refractivity contribution is 9.10. The summed E-state index contributed by atoms with van der Waals surface area (Å²) < 4.78 is 28.6. The summed E-state index contributed by atoms with van der Waals surface area (Å²) in [4.78, 5) is 12.9. The molecule has 0 atom stereocenters. The van der Waals surface area contributed by atoms with Crippen molar-refractivity contribution in [3.8, 4) is 0 Å². The maximum atomic E-state index is 13.4. The summed E-state index contributed by atoms with van der Waals surface area (Å²) >= 11 is 9.39. The molecule has 0 aromatic heterocycles. The molecule has 5 nitrogen and oxygen atoms in total. The molecule has 156 valence electrons. The van der Waals surface area contributed by atoms with Crippen molar-refractivity contribution < 1.29 is 13.2 Å². The standard InChI is InChI=1S/C22H20BrClN2O3S/c1-15-7-6-10-21(16(15)2)26(30(28,29)18-8-4-3-5-9-18)14-22(27)25-17-11-12-19(23)20(24)13-17/h3-13H,14H2,1-2H3,(H,25,27). The number of carbonyl (C=O) groups is 1. The van der Waals surface area contributed by atoms with E-state index in [-0.39, 0.29) is 11.4 Å². The number of hydrogen-bond acceptors (Lipinski definition) is 3. The van der Waals surface area contributed by atoms with Crippen molar-refractivity contribution in [1.29, 1.82) is 0 Å². The van der Waals surface area contributed by atoms with Gasteiger partial charge in [0.1, 0.15) is 6.54 Å². The molecule has 3 aromatic rings. The van der Waals surface area contributed by atoms with Crippen LogP contribution in [-0.4, -0.2) is 20.9 Å². The van der Waals surface area contributed by atoms with Gasteiger partial charge in [0.05, 0.1) is 15.6 Å². The summed E-state index contributed by atoms with van der Waals surface area (Å²) in [6.45, 7) is 3.36. The van der Waals surface area contributed by atoms with Gasteiger partial charge in [0, 0.05) is 10.2 Å². The minimum Gasteiger partial charge on any atom is -0.324 e. The lowest BCUT2D eigenvalue weighted by Gasteiger charge is -2.26. The van der Waals surface area contributed by atoms with Crippen molar-refractivity contribution in [3.05, 3.63) is 87.4 Å². The van der Waals surface area contributed by atoms with Crippen molar-refractivity contribution in [2.75, 3.05) is 16.2 Å². The normalized spacial score (nSPS) is 11.2. The molecule has 0 saturated heterocycles. The van der Waals surface area contributed by atoms with Crippen LogP contribution in [0.5, 0.6) is 0 Å². The quantitative estimate of drug-likeness (QED) is 0.475. The monoisotopic (exact) mass is 506 g/mol. The number of hydrogen-bond donors (Lipinski definition) is 1. The summed E-state index contributed by atoms with van der Waals surface area (Å²) in [7, 11) is -3.96. The number of nitrogens with one attached hydrogen (secondary N) is 1. The fourth-order valence-corrected chi connectivity index (χ4v) is 4.86. The average molecular weight is 508 g/mol. The number of anilines is 2. The molecule has 0 saturated carbocycles. The van der Waals surface area contributed by atoms with Gasteiger partial charge in [-0.25, -0.2) is 8.42 Å². The topological polar surface area (TPSA) is 66.5 Å². The predicted octanol–water partition coefficient (Wildman–Crippen LogP) is 5.55. The van der Waals surface area contributed by atoms with Crippen molar-refractivity contribution in [3.63, 3.8) is 0 Å². The summed E-state index contributed by atoms with van der Waals surface area (Å²) in [6.07, 6.45) is 0. The van der Waals surface area contributed by atoms with Crippen LogP contribution < -0.4 is 9.62 Å². The molecule has 0 aliphatic rings. The van der Waals surface area contributed by atoms with Gasteiger partial charge in [-0.1, -0.05) is 41.9 Å². The smallest absolute Gasteiger partial charge is 0.264 e. The Morgan fingerprint density at radius 2 is 1.73 bits per heavy atom. The number of rotatable bonds is 6. The Morgan fingerprint density at radius 3 is 2.40 bits per heavy atom. The molecule has 0 fully saturated rings. The lowest BCUT2D eigenvalue weighted by atomic mass is 10.1. The fraction of sp³-hybridized carbons (Fsp3) is 0.136. The third kappa shape index (κ3) is 4.86. The first kappa shape index (κ1) is 22.3. The molecule has 8 heteroatoms. The van der Waals surface area contributed by atoms with Gasteiger partial charge < -0.3 is 5.32 Å². The van der Waals surface area contributed by atoms with Gasteiger partial charge in [-0.05, 0) is 77.3 Å². The zero-order chi connectivity index (χ0) is 21.9. The molecule has 0 radical (unpaired) electrons. The highest BCUT2D eigenvalue weighted by Crippen LogP contribution is 2.29.